The molecule has 0 radical (unpaired) electrons. The van der Waals surface area contributed by atoms with Crippen molar-refractivity contribution in [1.29, 1.82) is 0 Å². The minimum absolute atomic E-state index is 0.206. The van der Waals surface area contributed by atoms with E-state index in [1.54, 1.807) is 0 Å². The fourth-order valence-electron chi connectivity index (χ4n) is 4.05. The number of hydrogen-bond donors (Lipinski definition) is 0. The summed E-state index contributed by atoms with van der Waals surface area (Å²) in [5.74, 6) is 2.02. The molecule has 1 saturated heterocycles. The van der Waals surface area contributed by atoms with E-state index >= 15 is 0 Å². The first-order valence-corrected chi connectivity index (χ1v) is 11.6. The van der Waals surface area contributed by atoms with Crippen LogP contribution >= 0.6 is 11.8 Å². The molecule has 1 aliphatic heterocycles. The maximum atomic E-state index is 12.8. The van der Waals surface area contributed by atoms with Crippen molar-refractivity contribution in [2.24, 2.45) is 5.92 Å². The molecule has 4 heteroatoms. The molecule has 0 spiro atoms. The lowest BCUT2D eigenvalue weighted by molar-refractivity contribution is -0.134. The topological polar surface area (TPSA) is 23.6 Å². The zero-order valence-corrected chi connectivity index (χ0v) is 17.7. The van der Waals surface area contributed by atoms with Gasteiger partial charge in [0.2, 0.25) is 5.91 Å². The molecular formula is C23H34N2OS. The highest BCUT2D eigenvalue weighted by molar-refractivity contribution is 8.00. The van der Waals surface area contributed by atoms with E-state index in [0.717, 1.165) is 43.6 Å². The summed E-state index contributed by atoms with van der Waals surface area (Å²) in [7, 11) is 0. The smallest absolute Gasteiger partial charge is 0.226 e. The fraction of sp³-hybridized carbons (Fsp3) is 0.609. The second kappa shape index (κ2) is 9.68. The number of carbonyl (C=O) groups excluding carboxylic acids is 1. The van der Waals surface area contributed by atoms with Crippen LogP contribution in [0.1, 0.15) is 51.0 Å². The Balaban J connectivity index is 1.41. The van der Waals surface area contributed by atoms with Gasteiger partial charge in [-0.25, -0.2) is 0 Å². The second-order valence-electron chi connectivity index (χ2n) is 7.87. The summed E-state index contributed by atoms with van der Waals surface area (Å²) in [5, 5.41) is 0.749. The molecule has 3 nitrogen and oxygen atoms in total. The van der Waals surface area contributed by atoms with Gasteiger partial charge in [-0.05, 0) is 30.7 Å². The van der Waals surface area contributed by atoms with Crippen molar-refractivity contribution in [3.8, 4) is 0 Å². The van der Waals surface area contributed by atoms with E-state index in [1.807, 2.05) is 17.8 Å². The summed E-state index contributed by atoms with van der Waals surface area (Å²) in [6.45, 7) is 12.4. The summed E-state index contributed by atoms with van der Waals surface area (Å²) < 4.78 is 0. The molecule has 0 N–H and O–H groups in total. The van der Waals surface area contributed by atoms with Crippen molar-refractivity contribution in [3.63, 3.8) is 0 Å². The Kier molecular flexibility index (Phi) is 7.28. The predicted octanol–water partition coefficient (Wildman–Crippen LogP) is 4.76. The van der Waals surface area contributed by atoms with Crippen molar-refractivity contribution in [3.05, 3.63) is 48.2 Å². The average Bonchev–Trinajstić information content (AvgIpc) is 3.52. The molecule has 1 saturated carbocycles. The number of amides is 1. The maximum absolute atomic E-state index is 12.8. The van der Waals surface area contributed by atoms with Crippen LogP contribution in [0.3, 0.4) is 0 Å². The molecule has 2 aliphatic rings. The minimum atomic E-state index is 0.206. The van der Waals surface area contributed by atoms with E-state index in [1.165, 1.54) is 30.5 Å². The molecule has 1 aliphatic carbocycles. The molecule has 148 valence electrons. The number of hydrogen-bond acceptors (Lipinski definition) is 3. The van der Waals surface area contributed by atoms with Crippen molar-refractivity contribution < 1.29 is 4.79 Å². The zero-order valence-electron chi connectivity index (χ0n) is 16.9. The highest BCUT2D eigenvalue weighted by Crippen LogP contribution is 2.48. The second-order valence-corrected chi connectivity index (χ2v) is 9.16. The molecule has 1 heterocycles. The third-order valence-electron chi connectivity index (χ3n) is 5.93. The normalized spacial score (nSPS) is 23.2. The highest BCUT2D eigenvalue weighted by Gasteiger charge is 2.45. The molecule has 3 rings (SSSR count). The maximum Gasteiger partial charge on any atom is 0.226 e. The van der Waals surface area contributed by atoms with Gasteiger partial charge in [-0.15, -0.1) is 0 Å². The van der Waals surface area contributed by atoms with Crippen molar-refractivity contribution >= 4 is 17.7 Å². The molecule has 1 aromatic rings. The van der Waals surface area contributed by atoms with Crippen LogP contribution < -0.4 is 0 Å². The van der Waals surface area contributed by atoms with Crippen LogP contribution in [0.2, 0.25) is 0 Å². The van der Waals surface area contributed by atoms with Crippen LogP contribution in [0.25, 0.3) is 0 Å². The monoisotopic (exact) mass is 386 g/mol. The molecule has 3 atom stereocenters. The lowest BCUT2D eigenvalue weighted by Crippen LogP contribution is -2.49. The molecule has 2 fully saturated rings. The van der Waals surface area contributed by atoms with Gasteiger partial charge in [0.05, 0.1) is 0 Å². The van der Waals surface area contributed by atoms with Crippen molar-refractivity contribution in [2.75, 3.05) is 31.9 Å². The van der Waals surface area contributed by atoms with Crippen LogP contribution in [0.5, 0.6) is 0 Å². The Labute approximate surface area is 169 Å². The number of rotatable bonds is 9. The molecule has 27 heavy (non-hydrogen) atoms. The van der Waals surface area contributed by atoms with Gasteiger partial charge in [0.15, 0.2) is 0 Å². The largest absolute Gasteiger partial charge is 0.371 e. The quantitative estimate of drug-likeness (QED) is 0.611. The van der Waals surface area contributed by atoms with Crippen LogP contribution in [0.4, 0.5) is 0 Å². The summed E-state index contributed by atoms with van der Waals surface area (Å²) in [6, 6.07) is 10.5. The molecule has 1 aromatic carbocycles. The van der Waals surface area contributed by atoms with E-state index in [-0.39, 0.29) is 5.92 Å². The van der Waals surface area contributed by atoms with E-state index < -0.39 is 0 Å². The first kappa shape index (κ1) is 20.3. The Morgan fingerprint density at radius 2 is 1.81 bits per heavy atom. The molecule has 0 aromatic heterocycles. The third-order valence-corrected chi connectivity index (χ3v) is 7.47. The summed E-state index contributed by atoms with van der Waals surface area (Å²) in [4.78, 5) is 17.3. The minimum Gasteiger partial charge on any atom is -0.371 e. The molecular weight excluding hydrogens is 352 g/mol. The number of thioether (sulfide) groups is 1. The van der Waals surface area contributed by atoms with Crippen LogP contribution in [0.15, 0.2) is 42.6 Å². The van der Waals surface area contributed by atoms with Crippen molar-refractivity contribution in [2.45, 2.75) is 50.7 Å². The van der Waals surface area contributed by atoms with Gasteiger partial charge in [-0.3, -0.25) is 4.79 Å². The molecule has 0 bridgehead atoms. The summed E-state index contributed by atoms with van der Waals surface area (Å²) in [5.41, 5.74) is 2.55. The van der Waals surface area contributed by atoms with Crippen LogP contribution in [0, 0.1) is 5.92 Å². The fourth-order valence-corrected chi connectivity index (χ4v) is 5.30. The third kappa shape index (κ3) is 5.31. The average molecular weight is 387 g/mol. The Bertz CT molecular complexity index is 625. The van der Waals surface area contributed by atoms with Gasteiger partial charge in [-0.2, -0.15) is 11.8 Å². The van der Waals surface area contributed by atoms with Gasteiger partial charge >= 0.3 is 0 Å². The van der Waals surface area contributed by atoms with Gasteiger partial charge < -0.3 is 9.80 Å². The van der Waals surface area contributed by atoms with E-state index in [2.05, 4.69) is 54.5 Å². The summed E-state index contributed by atoms with van der Waals surface area (Å²) in [6.07, 6.45) is 4.80. The van der Waals surface area contributed by atoms with Gasteiger partial charge in [0.1, 0.15) is 0 Å². The zero-order chi connectivity index (χ0) is 19.2. The Morgan fingerprint density at radius 1 is 1.15 bits per heavy atom. The van der Waals surface area contributed by atoms with Crippen LogP contribution in [-0.4, -0.2) is 52.9 Å². The van der Waals surface area contributed by atoms with Crippen LogP contribution in [-0.2, 0) is 4.79 Å². The number of benzene rings is 1. The van der Waals surface area contributed by atoms with Gasteiger partial charge in [0.25, 0.3) is 0 Å². The summed E-state index contributed by atoms with van der Waals surface area (Å²) >= 11 is 2.05. The van der Waals surface area contributed by atoms with E-state index in [4.69, 9.17) is 0 Å². The van der Waals surface area contributed by atoms with E-state index in [9.17, 15) is 4.79 Å². The Morgan fingerprint density at radius 3 is 2.44 bits per heavy atom. The SMILES string of the molecule is C=C(CSC(CC)CCC)N1CCN(C(=O)C2CC2c2ccccc2)CC1. The Hall–Kier alpha value is -1.42. The molecule has 1 amide bonds. The predicted molar refractivity (Wildman–Crippen MR) is 116 cm³/mol. The number of carbonyl (C=O) groups is 1. The van der Waals surface area contributed by atoms with E-state index in [0.29, 0.717) is 11.8 Å². The van der Waals surface area contributed by atoms with Crippen molar-refractivity contribution in [1.82, 2.24) is 9.80 Å². The lowest BCUT2D eigenvalue weighted by Gasteiger charge is -2.37. The highest BCUT2D eigenvalue weighted by atomic mass is 32.2. The number of piperazine rings is 1. The first-order chi connectivity index (χ1) is 13.1. The number of nitrogens with zero attached hydrogens (tertiary/aromatic N) is 2. The molecule has 3 unspecified atom stereocenters. The lowest BCUT2D eigenvalue weighted by atomic mass is 10.1. The standard InChI is InChI=1S/C23H34N2OS/c1-4-9-20(5-2)27-17-18(3)24-12-14-25(15-13-24)23(26)22-16-21(22)19-10-7-6-8-11-19/h6-8,10-11,20-22H,3-5,9,12-17H2,1-2H3. The van der Waals surface area contributed by atoms with Gasteiger partial charge in [-0.1, -0.05) is 57.2 Å². The van der Waals surface area contributed by atoms with Gasteiger partial charge in [0, 0.05) is 48.8 Å². The first-order valence-electron chi connectivity index (χ1n) is 10.5.